The van der Waals surface area contributed by atoms with Crippen LogP contribution in [0.3, 0.4) is 0 Å². The molecular formula is C19H22N4O3. The van der Waals surface area contributed by atoms with Crippen LogP contribution in [-0.2, 0) is 9.53 Å². The van der Waals surface area contributed by atoms with Gasteiger partial charge in [-0.25, -0.2) is 9.97 Å². The van der Waals surface area contributed by atoms with Crippen molar-refractivity contribution in [3.8, 4) is 11.3 Å². The zero-order valence-corrected chi connectivity index (χ0v) is 14.7. The lowest BCUT2D eigenvalue weighted by molar-refractivity contribution is -0.148. The van der Waals surface area contributed by atoms with E-state index < -0.39 is 5.91 Å². The summed E-state index contributed by atoms with van der Waals surface area (Å²) >= 11 is 0. The van der Waals surface area contributed by atoms with Crippen LogP contribution < -0.4 is 10.6 Å². The molecule has 0 atom stereocenters. The van der Waals surface area contributed by atoms with Gasteiger partial charge in [0.05, 0.1) is 18.2 Å². The van der Waals surface area contributed by atoms with Gasteiger partial charge in [-0.3, -0.25) is 9.59 Å². The van der Waals surface area contributed by atoms with E-state index in [9.17, 15) is 9.59 Å². The second-order valence-corrected chi connectivity index (χ2v) is 6.18. The number of nitrogens with two attached hydrogens (primary N) is 1. The number of anilines is 1. The Morgan fingerprint density at radius 1 is 1.19 bits per heavy atom. The topological polar surface area (TPSA) is 98.4 Å². The molecule has 7 nitrogen and oxygen atoms in total. The van der Waals surface area contributed by atoms with Gasteiger partial charge < -0.3 is 15.4 Å². The molecule has 0 unspecified atom stereocenters. The normalized spacial score (nSPS) is 14.9. The van der Waals surface area contributed by atoms with Gasteiger partial charge in [0, 0.05) is 18.7 Å². The van der Waals surface area contributed by atoms with Gasteiger partial charge in [0.15, 0.2) is 0 Å². The number of amides is 1. The molecule has 7 heteroatoms. The fourth-order valence-electron chi connectivity index (χ4n) is 3.03. The van der Waals surface area contributed by atoms with Gasteiger partial charge in [0.2, 0.25) is 5.95 Å². The van der Waals surface area contributed by atoms with Gasteiger partial charge in [-0.2, -0.15) is 0 Å². The lowest BCUT2D eigenvalue weighted by atomic mass is 9.97. The molecule has 0 radical (unpaired) electrons. The number of aromatic nitrogens is 2. The van der Waals surface area contributed by atoms with Crippen LogP contribution in [0.15, 0.2) is 36.4 Å². The summed E-state index contributed by atoms with van der Waals surface area (Å²) in [5.41, 5.74) is 7.17. The minimum atomic E-state index is -0.591. The van der Waals surface area contributed by atoms with Crippen LogP contribution in [0, 0.1) is 5.92 Å². The summed E-state index contributed by atoms with van der Waals surface area (Å²) in [7, 11) is 0. The maximum atomic E-state index is 11.9. The number of carbonyl (C=O) groups excluding carboxylic acids is 2. The molecular weight excluding hydrogens is 332 g/mol. The Morgan fingerprint density at radius 2 is 1.88 bits per heavy atom. The van der Waals surface area contributed by atoms with Gasteiger partial charge in [0.1, 0.15) is 5.69 Å². The van der Waals surface area contributed by atoms with Gasteiger partial charge in [-0.1, -0.05) is 30.3 Å². The Morgan fingerprint density at radius 3 is 2.50 bits per heavy atom. The SMILES string of the molecule is CCOC(=O)C1CCN(c2nc(C(N)=O)cc(-c3ccccc3)n2)CC1. The first-order chi connectivity index (χ1) is 12.6. The van der Waals surface area contributed by atoms with E-state index in [1.54, 1.807) is 13.0 Å². The highest BCUT2D eigenvalue weighted by molar-refractivity contribution is 5.92. The molecule has 2 N–H and O–H groups in total. The second kappa shape index (κ2) is 7.95. The van der Waals surface area contributed by atoms with Gasteiger partial charge in [0.25, 0.3) is 5.91 Å². The number of primary amides is 1. The van der Waals surface area contributed by atoms with Crippen molar-refractivity contribution in [2.24, 2.45) is 11.7 Å². The minimum absolute atomic E-state index is 0.0980. The van der Waals surface area contributed by atoms with Crippen LogP contribution >= 0.6 is 0 Å². The average molecular weight is 354 g/mol. The van der Waals surface area contributed by atoms with E-state index in [-0.39, 0.29) is 17.6 Å². The molecule has 1 aliphatic rings. The molecule has 1 saturated heterocycles. The maximum Gasteiger partial charge on any atom is 0.309 e. The summed E-state index contributed by atoms with van der Waals surface area (Å²) < 4.78 is 5.10. The molecule has 0 saturated carbocycles. The van der Waals surface area contributed by atoms with Crippen LogP contribution in [0.4, 0.5) is 5.95 Å². The van der Waals surface area contributed by atoms with Crippen molar-refractivity contribution in [2.45, 2.75) is 19.8 Å². The molecule has 0 aliphatic carbocycles. The number of ether oxygens (including phenoxy) is 1. The molecule has 0 bridgehead atoms. The minimum Gasteiger partial charge on any atom is -0.466 e. The van der Waals surface area contributed by atoms with Crippen molar-refractivity contribution < 1.29 is 14.3 Å². The van der Waals surface area contributed by atoms with Gasteiger partial charge >= 0.3 is 5.97 Å². The third-order valence-corrected chi connectivity index (χ3v) is 4.43. The molecule has 2 heterocycles. The number of rotatable bonds is 5. The third kappa shape index (κ3) is 3.99. The van der Waals surface area contributed by atoms with E-state index in [0.29, 0.717) is 44.2 Å². The van der Waals surface area contributed by atoms with Crippen molar-refractivity contribution in [1.29, 1.82) is 0 Å². The Labute approximate surface area is 152 Å². The van der Waals surface area contributed by atoms with Crippen molar-refractivity contribution >= 4 is 17.8 Å². The number of piperidine rings is 1. The van der Waals surface area contributed by atoms with Crippen LogP contribution in [0.25, 0.3) is 11.3 Å². The first kappa shape index (κ1) is 17.8. The van der Waals surface area contributed by atoms with E-state index in [1.807, 2.05) is 35.2 Å². The fourth-order valence-corrected chi connectivity index (χ4v) is 3.03. The molecule has 2 aromatic rings. The smallest absolute Gasteiger partial charge is 0.309 e. The zero-order chi connectivity index (χ0) is 18.5. The van der Waals surface area contributed by atoms with Crippen LogP contribution in [-0.4, -0.2) is 41.5 Å². The largest absolute Gasteiger partial charge is 0.466 e. The third-order valence-electron chi connectivity index (χ3n) is 4.43. The van der Waals surface area contributed by atoms with Crippen molar-refractivity contribution in [2.75, 3.05) is 24.6 Å². The number of nitrogens with zero attached hydrogens (tertiary/aromatic N) is 3. The quantitative estimate of drug-likeness (QED) is 0.825. The lowest BCUT2D eigenvalue weighted by Gasteiger charge is -2.31. The molecule has 1 aromatic heterocycles. The van der Waals surface area contributed by atoms with E-state index in [0.717, 1.165) is 5.56 Å². The summed E-state index contributed by atoms with van der Waals surface area (Å²) in [6, 6.07) is 11.2. The summed E-state index contributed by atoms with van der Waals surface area (Å²) in [6.45, 7) is 3.45. The summed E-state index contributed by atoms with van der Waals surface area (Å²) in [6.07, 6.45) is 1.34. The number of benzene rings is 1. The Balaban J connectivity index is 1.83. The molecule has 1 fully saturated rings. The zero-order valence-electron chi connectivity index (χ0n) is 14.7. The van der Waals surface area contributed by atoms with Crippen molar-refractivity contribution in [1.82, 2.24) is 9.97 Å². The Hall–Kier alpha value is -2.96. The predicted octanol–water partition coefficient (Wildman–Crippen LogP) is 2.02. The lowest BCUT2D eigenvalue weighted by Crippen LogP contribution is -2.38. The van der Waals surface area contributed by atoms with E-state index in [2.05, 4.69) is 9.97 Å². The standard InChI is InChI=1S/C19H22N4O3/c1-2-26-18(25)14-8-10-23(11-9-14)19-21-15(12-16(22-19)17(20)24)13-6-4-3-5-7-13/h3-7,12,14H,2,8-11H2,1H3,(H2,20,24). The molecule has 136 valence electrons. The summed E-state index contributed by atoms with van der Waals surface area (Å²) in [4.78, 5) is 34.5. The number of hydrogen-bond donors (Lipinski definition) is 1. The average Bonchev–Trinajstić information content (AvgIpc) is 2.68. The van der Waals surface area contributed by atoms with Gasteiger partial charge in [-0.05, 0) is 25.8 Å². The number of hydrogen-bond acceptors (Lipinski definition) is 6. The van der Waals surface area contributed by atoms with Crippen LogP contribution in [0.1, 0.15) is 30.3 Å². The molecule has 3 rings (SSSR count). The first-order valence-electron chi connectivity index (χ1n) is 8.74. The highest BCUT2D eigenvalue weighted by Gasteiger charge is 2.27. The maximum absolute atomic E-state index is 11.9. The number of esters is 1. The Bertz CT molecular complexity index is 787. The highest BCUT2D eigenvalue weighted by atomic mass is 16.5. The monoisotopic (exact) mass is 354 g/mol. The highest BCUT2D eigenvalue weighted by Crippen LogP contribution is 2.25. The van der Waals surface area contributed by atoms with E-state index >= 15 is 0 Å². The molecule has 1 amide bonds. The van der Waals surface area contributed by atoms with Crippen molar-refractivity contribution in [3.05, 3.63) is 42.1 Å². The fraction of sp³-hybridized carbons (Fsp3) is 0.368. The summed E-state index contributed by atoms with van der Waals surface area (Å²) in [5.74, 6) is -0.377. The van der Waals surface area contributed by atoms with Crippen LogP contribution in [0.2, 0.25) is 0 Å². The second-order valence-electron chi connectivity index (χ2n) is 6.18. The summed E-state index contributed by atoms with van der Waals surface area (Å²) in [5, 5.41) is 0. The number of carbonyl (C=O) groups is 2. The molecule has 1 aromatic carbocycles. The predicted molar refractivity (Wildman–Crippen MR) is 97.6 cm³/mol. The molecule has 0 spiro atoms. The van der Waals surface area contributed by atoms with Gasteiger partial charge in [-0.15, -0.1) is 0 Å². The molecule has 1 aliphatic heterocycles. The van der Waals surface area contributed by atoms with Crippen LogP contribution in [0.5, 0.6) is 0 Å². The first-order valence-corrected chi connectivity index (χ1v) is 8.74. The van der Waals surface area contributed by atoms with Crippen molar-refractivity contribution in [3.63, 3.8) is 0 Å². The molecule has 26 heavy (non-hydrogen) atoms. The van der Waals surface area contributed by atoms with E-state index in [4.69, 9.17) is 10.5 Å². The van der Waals surface area contributed by atoms with E-state index in [1.165, 1.54) is 0 Å². The Kier molecular flexibility index (Phi) is 5.46.